The molecule has 1 atom stereocenters. The van der Waals surface area contributed by atoms with Crippen LogP contribution in [-0.2, 0) is 0 Å². The van der Waals surface area contributed by atoms with Gasteiger partial charge in [0.25, 0.3) is 0 Å². The lowest BCUT2D eigenvalue weighted by molar-refractivity contribution is 0.112. The van der Waals surface area contributed by atoms with Gasteiger partial charge in [0.2, 0.25) is 0 Å². The van der Waals surface area contributed by atoms with Crippen LogP contribution in [0.15, 0.2) is 18.2 Å². The number of carbonyl (C=O) groups excluding carboxylic acids is 1. The average molecular weight is 254 g/mol. The zero-order valence-electron chi connectivity index (χ0n) is 10.7. The van der Waals surface area contributed by atoms with Crippen molar-refractivity contribution in [1.29, 1.82) is 0 Å². The Labute approximate surface area is 109 Å². The Morgan fingerprint density at radius 3 is 2.59 bits per heavy atom. The normalized spacial score (nSPS) is 12.2. The molecule has 1 aromatic rings. The van der Waals surface area contributed by atoms with Crippen LogP contribution in [0.5, 0.6) is 0 Å². The second-order valence-corrected chi connectivity index (χ2v) is 4.79. The minimum atomic E-state index is 0.623. The zero-order chi connectivity index (χ0) is 12.8. The number of nitrogens with zero attached hydrogens (tertiary/aromatic N) is 1. The van der Waals surface area contributed by atoms with Gasteiger partial charge >= 0.3 is 0 Å². The highest BCUT2D eigenvalue weighted by molar-refractivity contribution is 6.33. The van der Waals surface area contributed by atoms with Crippen molar-refractivity contribution >= 4 is 23.6 Å². The number of carbonyl (C=O) groups is 1. The molecular formula is C14H20ClNO. The molecule has 0 amide bonds. The highest BCUT2D eigenvalue weighted by Gasteiger charge is 2.11. The van der Waals surface area contributed by atoms with E-state index in [0.29, 0.717) is 16.5 Å². The second-order valence-electron chi connectivity index (χ2n) is 4.38. The molecule has 0 saturated carbocycles. The van der Waals surface area contributed by atoms with Crippen LogP contribution < -0.4 is 4.90 Å². The van der Waals surface area contributed by atoms with E-state index >= 15 is 0 Å². The lowest BCUT2D eigenvalue weighted by Gasteiger charge is -2.27. The van der Waals surface area contributed by atoms with Crippen LogP contribution in [-0.4, -0.2) is 19.4 Å². The van der Waals surface area contributed by atoms with Crippen LogP contribution >= 0.6 is 11.6 Å². The van der Waals surface area contributed by atoms with Gasteiger partial charge in [-0.25, -0.2) is 0 Å². The van der Waals surface area contributed by atoms with Crippen molar-refractivity contribution in [1.82, 2.24) is 0 Å². The van der Waals surface area contributed by atoms with Gasteiger partial charge < -0.3 is 4.90 Å². The van der Waals surface area contributed by atoms with Gasteiger partial charge in [0.1, 0.15) is 6.29 Å². The van der Waals surface area contributed by atoms with E-state index in [-0.39, 0.29) is 0 Å². The molecule has 17 heavy (non-hydrogen) atoms. The number of hydrogen-bond acceptors (Lipinski definition) is 2. The van der Waals surface area contributed by atoms with Crippen molar-refractivity contribution in [2.75, 3.05) is 18.0 Å². The van der Waals surface area contributed by atoms with Gasteiger partial charge in [0.15, 0.2) is 0 Å². The molecule has 0 aliphatic rings. The van der Waals surface area contributed by atoms with E-state index in [1.807, 2.05) is 12.1 Å². The standard InChI is InChI=1S/C14H20ClNO/c1-4-11(3)9-16(5-2)14-7-6-12(10-17)8-13(14)15/h6-8,10-11H,4-5,9H2,1-3H3. The first-order chi connectivity index (χ1) is 8.12. The summed E-state index contributed by atoms with van der Waals surface area (Å²) in [5.74, 6) is 0.636. The smallest absolute Gasteiger partial charge is 0.150 e. The summed E-state index contributed by atoms with van der Waals surface area (Å²) in [7, 11) is 0. The van der Waals surface area contributed by atoms with Crippen molar-refractivity contribution < 1.29 is 4.79 Å². The number of halogens is 1. The molecule has 0 N–H and O–H groups in total. The van der Waals surface area contributed by atoms with Gasteiger partial charge in [0, 0.05) is 18.7 Å². The molecule has 0 radical (unpaired) electrons. The van der Waals surface area contributed by atoms with E-state index in [1.165, 1.54) is 0 Å². The van der Waals surface area contributed by atoms with Crippen LogP contribution in [0, 0.1) is 5.92 Å². The molecule has 0 aliphatic carbocycles. The molecule has 0 spiro atoms. The Morgan fingerprint density at radius 1 is 1.41 bits per heavy atom. The molecule has 0 heterocycles. The summed E-state index contributed by atoms with van der Waals surface area (Å²) < 4.78 is 0. The highest BCUT2D eigenvalue weighted by atomic mass is 35.5. The van der Waals surface area contributed by atoms with Crippen LogP contribution in [0.2, 0.25) is 5.02 Å². The number of anilines is 1. The highest BCUT2D eigenvalue weighted by Crippen LogP contribution is 2.27. The largest absolute Gasteiger partial charge is 0.370 e. The predicted molar refractivity (Wildman–Crippen MR) is 74.2 cm³/mol. The summed E-state index contributed by atoms with van der Waals surface area (Å²) >= 11 is 6.21. The molecule has 94 valence electrons. The third-order valence-electron chi connectivity index (χ3n) is 3.06. The molecule has 2 nitrogen and oxygen atoms in total. The van der Waals surface area contributed by atoms with Crippen molar-refractivity contribution in [2.24, 2.45) is 5.92 Å². The molecule has 1 rings (SSSR count). The third kappa shape index (κ3) is 3.74. The molecule has 0 bridgehead atoms. The molecular weight excluding hydrogens is 234 g/mol. The zero-order valence-corrected chi connectivity index (χ0v) is 11.5. The van der Waals surface area contributed by atoms with Crippen molar-refractivity contribution in [2.45, 2.75) is 27.2 Å². The van der Waals surface area contributed by atoms with Gasteiger partial charge in [-0.2, -0.15) is 0 Å². The predicted octanol–water partition coefficient (Wildman–Crippen LogP) is 4.02. The minimum Gasteiger partial charge on any atom is -0.370 e. The number of aldehydes is 1. The van der Waals surface area contributed by atoms with E-state index < -0.39 is 0 Å². The Morgan fingerprint density at radius 2 is 2.12 bits per heavy atom. The van der Waals surface area contributed by atoms with Gasteiger partial charge in [-0.05, 0) is 31.0 Å². The van der Waals surface area contributed by atoms with E-state index in [2.05, 4.69) is 25.7 Å². The number of rotatable bonds is 6. The van der Waals surface area contributed by atoms with Gasteiger partial charge in [-0.1, -0.05) is 31.9 Å². The van der Waals surface area contributed by atoms with Crippen LogP contribution in [0.25, 0.3) is 0 Å². The van der Waals surface area contributed by atoms with Crippen molar-refractivity contribution in [3.8, 4) is 0 Å². The lowest BCUT2D eigenvalue weighted by Crippen LogP contribution is -2.28. The third-order valence-corrected chi connectivity index (χ3v) is 3.36. The summed E-state index contributed by atoms with van der Waals surface area (Å²) in [6, 6.07) is 5.47. The fourth-order valence-corrected chi connectivity index (χ4v) is 2.06. The van der Waals surface area contributed by atoms with E-state index in [9.17, 15) is 4.79 Å². The lowest BCUT2D eigenvalue weighted by atomic mass is 10.1. The first kappa shape index (κ1) is 14.0. The minimum absolute atomic E-state index is 0.623. The Bertz CT molecular complexity index is 378. The maximum absolute atomic E-state index is 10.7. The number of benzene rings is 1. The first-order valence-corrected chi connectivity index (χ1v) is 6.49. The topological polar surface area (TPSA) is 20.3 Å². The summed E-state index contributed by atoms with van der Waals surface area (Å²) in [5.41, 5.74) is 1.64. The van der Waals surface area contributed by atoms with Gasteiger partial charge in [-0.15, -0.1) is 0 Å². The molecule has 0 aliphatic heterocycles. The number of hydrogen-bond donors (Lipinski definition) is 0. The molecule has 0 fully saturated rings. The monoisotopic (exact) mass is 253 g/mol. The van der Waals surface area contributed by atoms with Gasteiger partial charge in [0.05, 0.1) is 10.7 Å². The Hall–Kier alpha value is -1.02. The second kappa shape index (κ2) is 6.65. The van der Waals surface area contributed by atoms with Crippen LogP contribution in [0.3, 0.4) is 0 Å². The fraction of sp³-hybridized carbons (Fsp3) is 0.500. The van der Waals surface area contributed by atoms with Crippen molar-refractivity contribution in [3.05, 3.63) is 28.8 Å². The SMILES string of the molecule is CCC(C)CN(CC)c1ccc(C=O)cc1Cl. The summed E-state index contributed by atoms with van der Waals surface area (Å²) in [5, 5.41) is 0.653. The molecule has 0 aromatic heterocycles. The van der Waals surface area contributed by atoms with Crippen molar-refractivity contribution in [3.63, 3.8) is 0 Å². The van der Waals surface area contributed by atoms with E-state index in [1.54, 1.807) is 6.07 Å². The Balaban J connectivity index is 2.91. The van der Waals surface area contributed by atoms with Crippen LogP contribution in [0.4, 0.5) is 5.69 Å². The molecule has 1 unspecified atom stereocenters. The van der Waals surface area contributed by atoms with Gasteiger partial charge in [-0.3, -0.25) is 4.79 Å². The van der Waals surface area contributed by atoms with E-state index in [4.69, 9.17) is 11.6 Å². The van der Waals surface area contributed by atoms with Crippen LogP contribution in [0.1, 0.15) is 37.6 Å². The van der Waals surface area contributed by atoms with E-state index in [0.717, 1.165) is 31.5 Å². The maximum Gasteiger partial charge on any atom is 0.150 e. The summed E-state index contributed by atoms with van der Waals surface area (Å²) in [6.07, 6.45) is 1.97. The molecule has 0 saturated heterocycles. The summed E-state index contributed by atoms with van der Waals surface area (Å²) in [6.45, 7) is 8.45. The molecule has 3 heteroatoms. The molecule has 1 aromatic carbocycles. The fourth-order valence-electron chi connectivity index (χ4n) is 1.76. The quantitative estimate of drug-likeness (QED) is 0.714. The average Bonchev–Trinajstić information content (AvgIpc) is 2.35. The summed E-state index contributed by atoms with van der Waals surface area (Å²) in [4.78, 5) is 12.9. The first-order valence-electron chi connectivity index (χ1n) is 6.12. The Kier molecular flexibility index (Phi) is 5.49. The maximum atomic E-state index is 10.7.